The molecular weight excluding hydrogens is 345 g/mol. The summed E-state index contributed by atoms with van der Waals surface area (Å²) in [4.78, 5) is 17.3. The lowest BCUT2D eigenvalue weighted by molar-refractivity contribution is 0.0927. The van der Waals surface area contributed by atoms with E-state index in [9.17, 15) is 9.18 Å². The van der Waals surface area contributed by atoms with Gasteiger partial charge in [-0.15, -0.1) is 0 Å². The number of hydrogen-bond donors (Lipinski definition) is 1. The van der Waals surface area contributed by atoms with E-state index in [1.54, 1.807) is 29.3 Å². The Labute approximate surface area is 150 Å². The van der Waals surface area contributed by atoms with E-state index in [0.717, 1.165) is 6.20 Å². The molecule has 8 heteroatoms. The van der Waals surface area contributed by atoms with Crippen molar-refractivity contribution >= 4 is 39.9 Å². The van der Waals surface area contributed by atoms with Crippen molar-refractivity contribution in [3.63, 3.8) is 0 Å². The molecule has 1 heterocycles. The molecule has 0 fully saturated rings. The number of rotatable bonds is 5. The third-order valence-electron chi connectivity index (χ3n) is 3.47. The van der Waals surface area contributed by atoms with Gasteiger partial charge >= 0.3 is 0 Å². The molecule has 2 rings (SSSR count). The van der Waals surface area contributed by atoms with Gasteiger partial charge in [-0.05, 0) is 18.6 Å². The van der Waals surface area contributed by atoms with Gasteiger partial charge in [-0.3, -0.25) is 4.79 Å². The quantitative estimate of drug-likeness (QED) is 0.498. The van der Waals surface area contributed by atoms with E-state index >= 15 is 0 Å². The number of hydrogen-bond acceptors (Lipinski definition) is 4. The van der Waals surface area contributed by atoms with E-state index in [1.807, 2.05) is 6.92 Å². The predicted octanol–water partition coefficient (Wildman–Crippen LogP) is 3.79. The van der Waals surface area contributed by atoms with Crippen molar-refractivity contribution in [2.24, 2.45) is 10.7 Å². The van der Waals surface area contributed by atoms with E-state index in [2.05, 4.69) is 16.7 Å². The summed E-state index contributed by atoms with van der Waals surface area (Å²) in [5.41, 5.74) is 6.60. The van der Waals surface area contributed by atoms with Crippen LogP contribution in [0.4, 0.5) is 10.1 Å². The lowest BCUT2D eigenvalue weighted by Crippen LogP contribution is -2.32. The fourth-order valence-corrected chi connectivity index (χ4v) is 2.60. The van der Waals surface area contributed by atoms with Crippen molar-refractivity contribution in [3.8, 4) is 0 Å². The normalized spacial score (nSPS) is 12.5. The molecule has 2 aromatic rings. The molecule has 0 aliphatic rings. The van der Waals surface area contributed by atoms with Crippen LogP contribution in [0.2, 0.25) is 0 Å². The maximum atomic E-state index is 14.3. The number of aliphatic imine (C=N–C) groups is 1. The van der Waals surface area contributed by atoms with Crippen LogP contribution in [0.3, 0.4) is 0 Å². The molecule has 6 nitrogen and oxygen atoms in total. The molecule has 1 aromatic heterocycles. The summed E-state index contributed by atoms with van der Waals surface area (Å²) >= 11 is 5.76. The molecule has 0 bridgehead atoms. The molecule has 0 saturated carbocycles. The zero-order valence-corrected chi connectivity index (χ0v) is 14.8. The molecule has 0 aliphatic heterocycles. The highest BCUT2D eigenvalue weighted by atomic mass is 35.5. The Kier molecular flexibility index (Phi) is 5.93. The van der Waals surface area contributed by atoms with E-state index in [1.165, 1.54) is 11.6 Å². The fourth-order valence-electron chi connectivity index (χ4n) is 2.52. The second-order valence-corrected chi connectivity index (χ2v) is 5.70. The first-order chi connectivity index (χ1) is 11.9. The molecule has 0 unspecified atom stereocenters. The van der Waals surface area contributed by atoms with Gasteiger partial charge in [-0.25, -0.2) is 14.1 Å². The summed E-state index contributed by atoms with van der Waals surface area (Å²) in [6.07, 6.45) is 3.09. The van der Waals surface area contributed by atoms with Crippen molar-refractivity contribution < 1.29 is 9.18 Å². The standard InChI is InChI=1S/C17H19ClFN5O/c1-4-8-23(17(14(19)9-20)22-11(2)18)15-6-5-7-16-13(15)10-21-24(16)12(3)25/h5-7,9-10H,2,4,8,20H2,1,3H3/b14-9+,22-17+. The first-order valence-electron chi connectivity index (χ1n) is 7.66. The summed E-state index contributed by atoms with van der Waals surface area (Å²) in [6.45, 7) is 7.31. The van der Waals surface area contributed by atoms with E-state index in [4.69, 9.17) is 17.3 Å². The van der Waals surface area contributed by atoms with Gasteiger partial charge in [0, 0.05) is 25.1 Å². The number of carbonyl (C=O) groups excluding carboxylic acids is 1. The van der Waals surface area contributed by atoms with Crippen molar-refractivity contribution in [3.05, 3.63) is 48.2 Å². The van der Waals surface area contributed by atoms with Crippen LogP contribution in [-0.4, -0.2) is 28.1 Å². The highest BCUT2D eigenvalue weighted by Crippen LogP contribution is 2.29. The van der Waals surface area contributed by atoms with Gasteiger partial charge in [0.05, 0.1) is 17.4 Å². The summed E-state index contributed by atoms with van der Waals surface area (Å²) < 4.78 is 15.6. The van der Waals surface area contributed by atoms with Crippen LogP contribution in [0.25, 0.3) is 10.9 Å². The largest absolute Gasteiger partial charge is 0.402 e. The summed E-state index contributed by atoms with van der Waals surface area (Å²) in [5.74, 6) is -0.996. The molecular formula is C17H19ClFN5O. The van der Waals surface area contributed by atoms with Crippen LogP contribution in [0.15, 0.2) is 53.2 Å². The number of halogens is 2. The number of amidine groups is 1. The molecule has 2 N–H and O–H groups in total. The molecule has 0 amide bonds. The SMILES string of the molecule is C=C(Cl)/N=C(\C(F)=C/N)N(CCC)c1cccc2c1cnn2C(C)=O. The second kappa shape index (κ2) is 7.94. The molecule has 25 heavy (non-hydrogen) atoms. The number of nitrogens with two attached hydrogens (primary N) is 1. The van der Waals surface area contributed by atoms with Crippen LogP contribution < -0.4 is 10.6 Å². The number of carbonyl (C=O) groups is 1. The number of fused-ring (bicyclic) bond motifs is 1. The average molecular weight is 364 g/mol. The number of anilines is 1. The van der Waals surface area contributed by atoms with E-state index in [-0.39, 0.29) is 16.9 Å². The Morgan fingerprint density at radius 3 is 2.84 bits per heavy atom. The van der Waals surface area contributed by atoms with E-state index < -0.39 is 5.83 Å². The van der Waals surface area contributed by atoms with Gasteiger partial charge in [-0.1, -0.05) is 31.2 Å². The predicted molar refractivity (Wildman–Crippen MR) is 99.5 cm³/mol. The molecule has 0 aliphatic carbocycles. The maximum Gasteiger partial charge on any atom is 0.244 e. The fraction of sp³-hybridized carbons (Fsp3) is 0.235. The first kappa shape index (κ1) is 18.7. The Bertz CT molecular complexity index is 871. The molecule has 132 valence electrons. The van der Waals surface area contributed by atoms with Gasteiger partial charge in [0.2, 0.25) is 5.91 Å². The molecule has 0 atom stereocenters. The van der Waals surface area contributed by atoms with Gasteiger partial charge < -0.3 is 10.6 Å². The Morgan fingerprint density at radius 2 is 2.28 bits per heavy atom. The van der Waals surface area contributed by atoms with Crippen LogP contribution >= 0.6 is 11.6 Å². The van der Waals surface area contributed by atoms with Crippen molar-refractivity contribution in [2.75, 3.05) is 11.4 Å². The monoisotopic (exact) mass is 363 g/mol. The minimum Gasteiger partial charge on any atom is -0.402 e. The highest BCUT2D eigenvalue weighted by Gasteiger charge is 2.21. The molecule has 0 radical (unpaired) electrons. The van der Waals surface area contributed by atoms with Gasteiger partial charge in [0.1, 0.15) is 5.16 Å². The highest BCUT2D eigenvalue weighted by molar-refractivity contribution is 6.30. The smallest absolute Gasteiger partial charge is 0.244 e. The van der Waals surface area contributed by atoms with Gasteiger partial charge in [0.25, 0.3) is 0 Å². The zero-order valence-electron chi connectivity index (χ0n) is 14.0. The zero-order chi connectivity index (χ0) is 18.6. The van der Waals surface area contributed by atoms with Crippen molar-refractivity contribution in [1.82, 2.24) is 9.78 Å². The summed E-state index contributed by atoms with van der Waals surface area (Å²) in [5, 5.41) is 4.72. The lowest BCUT2D eigenvalue weighted by atomic mass is 10.2. The van der Waals surface area contributed by atoms with Crippen LogP contribution in [0, 0.1) is 0 Å². The molecule has 1 aromatic carbocycles. The van der Waals surface area contributed by atoms with Crippen molar-refractivity contribution in [2.45, 2.75) is 20.3 Å². The minimum atomic E-state index is -0.730. The number of nitrogens with zero attached hydrogens (tertiary/aromatic N) is 4. The Morgan fingerprint density at radius 1 is 1.56 bits per heavy atom. The van der Waals surface area contributed by atoms with Crippen LogP contribution in [0.1, 0.15) is 25.1 Å². The number of aromatic nitrogens is 2. The first-order valence-corrected chi connectivity index (χ1v) is 8.04. The minimum absolute atomic E-state index is 0.0487. The topological polar surface area (TPSA) is 76.5 Å². The third-order valence-corrected chi connectivity index (χ3v) is 3.55. The Hall–Kier alpha value is -2.67. The van der Waals surface area contributed by atoms with Gasteiger partial charge in [0.15, 0.2) is 11.7 Å². The Balaban J connectivity index is 2.70. The van der Waals surface area contributed by atoms with Crippen LogP contribution in [0.5, 0.6) is 0 Å². The van der Waals surface area contributed by atoms with E-state index in [0.29, 0.717) is 29.6 Å². The summed E-state index contributed by atoms with van der Waals surface area (Å²) in [7, 11) is 0. The molecule has 0 saturated heterocycles. The third kappa shape index (κ3) is 3.88. The van der Waals surface area contributed by atoms with Gasteiger partial charge in [-0.2, -0.15) is 5.10 Å². The number of benzene rings is 1. The second-order valence-electron chi connectivity index (χ2n) is 5.26. The summed E-state index contributed by atoms with van der Waals surface area (Å²) in [6, 6.07) is 5.32. The lowest BCUT2D eigenvalue weighted by Gasteiger charge is -2.25. The maximum absolute atomic E-state index is 14.3. The van der Waals surface area contributed by atoms with Crippen LogP contribution in [-0.2, 0) is 0 Å². The van der Waals surface area contributed by atoms with Crippen molar-refractivity contribution in [1.29, 1.82) is 0 Å². The molecule has 0 spiro atoms. The average Bonchev–Trinajstić information content (AvgIpc) is 3.01.